The monoisotopic (exact) mass is 172 g/mol. The van der Waals surface area contributed by atoms with Crippen LogP contribution in [0.3, 0.4) is 0 Å². The van der Waals surface area contributed by atoms with Crippen molar-refractivity contribution in [3.8, 4) is 12.0 Å². The molecule has 1 aromatic heterocycles. The smallest absolute Gasteiger partial charge is 0.356 e. The Hall–Kier alpha value is -1.54. The molecule has 0 unspecified atom stereocenters. The van der Waals surface area contributed by atoms with Crippen LogP contribution in [0, 0.1) is 0 Å². The third-order valence-corrected chi connectivity index (χ3v) is 0.867. The summed E-state index contributed by atoms with van der Waals surface area (Å²) in [5.74, 6) is 0. The van der Waals surface area contributed by atoms with E-state index in [4.69, 9.17) is 11.5 Å². The van der Waals surface area contributed by atoms with Gasteiger partial charge < -0.3 is 9.47 Å². The summed E-state index contributed by atoms with van der Waals surface area (Å²) in [6.07, 6.45) is 0. The van der Waals surface area contributed by atoms with Crippen LogP contribution in [0.1, 0.15) is 0 Å². The molecule has 0 saturated carbocycles. The molecule has 12 heavy (non-hydrogen) atoms. The van der Waals surface area contributed by atoms with Gasteiger partial charge in [-0.3, -0.25) is 11.5 Å². The molecule has 0 radical (unpaired) electrons. The molecule has 66 valence electrons. The number of hydrogen-bond acceptors (Lipinski definition) is 8. The molecule has 1 rings (SSSR count). The van der Waals surface area contributed by atoms with Crippen molar-refractivity contribution in [2.75, 3.05) is 13.5 Å². The number of nitrogens with two attached hydrogens (primary N) is 2. The Labute approximate surface area is 67.9 Å². The largest absolute Gasteiger partial charge is 0.446 e. The number of hydrogen-bond donors (Lipinski definition) is 2. The predicted octanol–water partition coefficient (Wildman–Crippen LogP) is -2.14. The zero-order valence-corrected chi connectivity index (χ0v) is 6.17. The molecule has 0 amide bonds. The summed E-state index contributed by atoms with van der Waals surface area (Å²) < 4.78 is 9.37. The van der Waals surface area contributed by atoms with Crippen molar-refractivity contribution in [2.45, 2.75) is 0 Å². The lowest BCUT2D eigenvalue weighted by atomic mass is 11.1. The van der Waals surface area contributed by atoms with Crippen molar-refractivity contribution in [3.63, 3.8) is 0 Å². The highest BCUT2D eigenvalue weighted by Crippen LogP contribution is 1.99. The summed E-state index contributed by atoms with van der Waals surface area (Å²) in [5.41, 5.74) is 10.1. The minimum absolute atomic E-state index is 0.00173. The predicted molar refractivity (Wildman–Crippen MR) is 37.0 cm³/mol. The average molecular weight is 172 g/mol. The van der Waals surface area contributed by atoms with E-state index in [1.165, 1.54) is 0 Å². The van der Waals surface area contributed by atoms with Gasteiger partial charge in [0.2, 0.25) is 0 Å². The maximum absolute atomic E-state index is 5.05. The van der Waals surface area contributed by atoms with Gasteiger partial charge in [0.25, 0.3) is 0 Å². The molecule has 0 aliphatic heterocycles. The molecule has 0 aliphatic carbocycles. The lowest BCUT2D eigenvalue weighted by Crippen LogP contribution is -2.13. The van der Waals surface area contributed by atoms with Crippen molar-refractivity contribution < 1.29 is 9.47 Å². The second-order valence-corrected chi connectivity index (χ2v) is 1.59. The molecular formula is C4H8N6O2. The first-order valence-corrected chi connectivity index (χ1v) is 3.10. The van der Waals surface area contributed by atoms with E-state index >= 15 is 0 Å². The molecule has 1 aromatic rings. The number of ether oxygens (including phenoxy) is 2. The standard InChI is InChI=1S/C4H8N6O2/c5-1-11-3-7-9-4(10-8-3)12-2-6/h1-2,5-6H2. The van der Waals surface area contributed by atoms with E-state index in [0.29, 0.717) is 0 Å². The van der Waals surface area contributed by atoms with Crippen molar-refractivity contribution >= 4 is 0 Å². The van der Waals surface area contributed by atoms with Crippen LogP contribution in [-0.4, -0.2) is 33.9 Å². The Kier molecular flexibility index (Phi) is 3.11. The zero-order chi connectivity index (χ0) is 8.81. The van der Waals surface area contributed by atoms with E-state index in [0.717, 1.165) is 0 Å². The third-order valence-electron chi connectivity index (χ3n) is 0.867. The lowest BCUT2D eigenvalue weighted by molar-refractivity contribution is 0.264. The van der Waals surface area contributed by atoms with Gasteiger partial charge in [-0.05, 0) is 0 Å². The normalized spacial score (nSPS) is 9.50. The van der Waals surface area contributed by atoms with Crippen molar-refractivity contribution in [2.24, 2.45) is 11.5 Å². The molecule has 0 saturated heterocycles. The molecule has 0 aromatic carbocycles. The van der Waals surface area contributed by atoms with Crippen LogP contribution in [0.15, 0.2) is 0 Å². The van der Waals surface area contributed by atoms with Crippen LogP contribution in [0.25, 0.3) is 0 Å². The van der Waals surface area contributed by atoms with Crippen LogP contribution in [-0.2, 0) is 0 Å². The minimum Gasteiger partial charge on any atom is -0.446 e. The maximum atomic E-state index is 5.05. The first-order chi connectivity index (χ1) is 5.86. The van der Waals surface area contributed by atoms with Crippen molar-refractivity contribution in [1.29, 1.82) is 0 Å². The Morgan fingerprint density at radius 2 is 1.17 bits per heavy atom. The molecule has 1 heterocycles. The highest BCUT2D eigenvalue weighted by atomic mass is 16.5. The fourth-order valence-corrected chi connectivity index (χ4v) is 0.476. The van der Waals surface area contributed by atoms with Gasteiger partial charge in [-0.1, -0.05) is 20.4 Å². The molecule has 0 bridgehead atoms. The van der Waals surface area contributed by atoms with Gasteiger partial charge >= 0.3 is 12.0 Å². The van der Waals surface area contributed by atoms with Gasteiger partial charge in [-0.25, -0.2) is 0 Å². The molecule has 0 aliphatic rings. The quantitative estimate of drug-likeness (QED) is 0.493. The number of nitrogens with zero attached hydrogens (tertiary/aromatic N) is 4. The molecule has 8 heteroatoms. The van der Waals surface area contributed by atoms with Crippen molar-refractivity contribution in [3.05, 3.63) is 0 Å². The molecule has 8 nitrogen and oxygen atoms in total. The highest BCUT2D eigenvalue weighted by Gasteiger charge is 2.00. The summed E-state index contributed by atoms with van der Waals surface area (Å²) in [6.45, 7) is -0.0547. The number of aromatic nitrogens is 4. The Morgan fingerprint density at radius 1 is 0.833 bits per heavy atom. The summed E-state index contributed by atoms with van der Waals surface area (Å²) in [5, 5.41) is 13.9. The fourth-order valence-electron chi connectivity index (χ4n) is 0.476. The first-order valence-electron chi connectivity index (χ1n) is 3.10. The van der Waals surface area contributed by atoms with Gasteiger partial charge in [0.1, 0.15) is 13.5 Å². The SMILES string of the molecule is NCOc1nnc(OCN)nn1. The van der Waals surface area contributed by atoms with E-state index in [2.05, 4.69) is 29.9 Å². The van der Waals surface area contributed by atoms with Gasteiger partial charge in [0.15, 0.2) is 0 Å². The van der Waals surface area contributed by atoms with E-state index in [9.17, 15) is 0 Å². The van der Waals surface area contributed by atoms with Gasteiger partial charge in [0, 0.05) is 0 Å². The van der Waals surface area contributed by atoms with Gasteiger partial charge in [-0.2, -0.15) is 0 Å². The van der Waals surface area contributed by atoms with E-state index in [1.54, 1.807) is 0 Å². The molecule has 4 N–H and O–H groups in total. The summed E-state index contributed by atoms with van der Waals surface area (Å²) in [7, 11) is 0. The minimum atomic E-state index is -0.0273. The Bertz CT molecular complexity index is 200. The molecule has 0 fully saturated rings. The van der Waals surface area contributed by atoms with E-state index < -0.39 is 0 Å². The Morgan fingerprint density at radius 3 is 1.42 bits per heavy atom. The summed E-state index contributed by atoms with van der Waals surface area (Å²) >= 11 is 0. The summed E-state index contributed by atoms with van der Waals surface area (Å²) in [4.78, 5) is 0. The maximum Gasteiger partial charge on any atom is 0.356 e. The van der Waals surface area contributed by atoms with Gasteiger partial charge in [0.05, 0.1) is 0 Å². The lowest BCUT2D eigenvalue weighted by Gasteiger charge is -1.99. The second-order valence-electron chi connectivity index (χ2n) is 1.59. The highest BCUT2D eigenvalue weighted by molar-refractivity contribution is 4.89. The third kappa shape index (κ3) is 2.25. The van der Waals surface area contributed by atoms with E-state index in [-0.39, 0.29) is 25.5 Å². The van der Waals surface area contributed by atoms with Crippen LogP contribution >= 0.6 is 0 Å². The second kappa shape index (κ2) is 4.36. The van der Waals surface area contributed by atoms with Crippen LogP contribution in [0.2, 0.25) is 0 Å². The topological polar surface area (TPSA) is 122 Å². The van der Waals surface area contributed by atoms with Crippen LogP contribution < -0.4 is 20.9 Å². The zero-order valence-electron chi connectivity index (χ0n) is 6.17. The van der Waals surface area contributed by atoms with Crippen LogP contribution in [0.5, 0.6) is 12.0 Å². The van der Waals surface area contributed by atoms with Crippen molar-refractivity contribution in [1.82, 2.24) is 20.4 Å². The first kappa shape index (κ1) is 8.56. The van der Waals surface area contributed by atoms with E-state index in [1.807, 2.05) is 0 Å². The van der Waals surface area contributed by atoms with Gasteiger partial charge in [-0.15, -0.1) is 0 Å². The molecule has 0 atom stereocenters. The van der Waals surface area contributed by atoms with Crippen LogP contribution in [0.4, 0.5) is 0 Å². The summed E-state index contributed by atoms with van der Waals surface area (Å²) in [6, 6.07) is 0.00347. The fraction of sp³-hybridized carbons (Fsp3) is 0.500. The molecular weight excluding hydrogens is 164 g/mol. The Balaban J connectivity index is 2.58. The average Bonchev–Trinajstić information content (AvgIpc) is 2.09. The molecule has 0 spiro atoms. The number of rotatable bonds is 4.